The van der Waals surface area contributed by atoms with Crippen LogP contribution in [0.4, 0.5) is 0 Å². The second-order valence-electron chi connectivity index (χ2n) is 7.35. The molecule has 0 aromatic carbocycles. The summed E-state index contributed by atoms with van der Waals surface area (Å²) in [6, 6.07) is 1.23. The van der Waals surface area contributed by atoms with Crippen LogP contribution >= 0.6 is 0 Å². The molecular weight excluding hydrogens is 276 g/mol. The minimum Gasteiger partial charge on any atom is -0.337 e. The SMILES string of the molecule is O=C(CCC1CCCC1)N1C2CCC1CC(n1nccn1)C2. The first kappa shape index (κ1) is 14.2. The monoisotopic (exact) mass is 302 g/mol. The Morgan fingerprint density at radius 3 is 2.23 bits per heavy atom. The van der Waals surface area contributed by atoms with Crippen molar-refractivity contribution in [2.24, 2.45) is 5.92 Å². The predicted octanol–water partition coefficient (Wildman–Crippen LogP) is 2.94. The van der Waals surface area contributed by atoms with E-state index in [1.807, 2.05) is 4.80 Å². The van der Waals surface area contributed by atoms with E-state index in [0.717, 1.165) is 44.4 Å². The lowest BCUT2D eigenvalue weighted by Gasteiger charge is -2.38. The van der Waals surface area contributed by atoms with Crippen LogP contribution in [0.1, 0.15) is 70.3 Å². The number of amides is 1. The third kappa shape index (κ3) is 2.66. The van der Waals surface area contributed by atoms with Crippen LogP contribution in [0.25, 0.3) is 0 Å². The summed E-state index contributed by atoms with van der Waals surface area (Å²) in [6.07, 6.45) is 15.2. The number of aromatic nitrogens is 3. The van der Waals surface area contributed by atoms with Gasteiger partial charge in [0, 0.05) is 18.5 Å². The van der Waals surface area contributed by atoms with Gasteiger partial charge in [-0.15, -0.1) is 0 Å². The van der Waals surface area contributed by atoms with Crippen LogP contribution in [-0.2, 0) is 4.79 Å². The van der Waals surface area contributed by atoms with Crippen molar-refractivity contribution in [2.45, 2.75) is 82.3 Å². The van der Waals surface area contributed by atoms with Gasteiger partial charge in [0.25, 0.3) is 0 Å². The van der Waals surface area contributed by atoms with E-state index in [2.05, 4.69) is 15.1 Å². The van der Waals surface area contributed by atoms with Gasteiger partial charge in [-0.3, -0.25) is 4.79 Å². The van der Waals surface area contributed by atoms with Gasteiger partial charge >= 0.3 is 0 Å². The lowest BCUT2D eigenvalue weighted by Crippen LogP contribution is -2.47. The highest BCUT2D eigenvalue weighted by molar-refractivity contribution is 5.77. The minimum absolute atomic E-state index is 0.381. The molecule has 2 aliphatic heterocycles. The third-order valence-corrected chi connectivity index (χ3v) is 6.00. The number of carbonyl (C=O) groups is 1. The van der Waals surface area contributed by atoms with Crippen LogP contribution in [0, 0.1) is 5.92 Å². The van der Waals surface area contributed by atoms with E-state index >= 15 is 0 Å². The number of hydrogen-bond acceptors (Lipinski definition) is 3. The Morgan fingerprint density at radius 2 is 1.59 bits per heavy atom. The number of hydrogen-bond donors (Lipinski definition) is 0. The molecule has 0 radical (unpaired) electrons. The molecule has 2 unspecified atom stereocenters. The molecule has 1 aromatic rings. The Kier molecular flexibility index (Phi) is 3.89. The maximum atomic E-state index is 12.7. The van der Waals surface area contributed by atoms with Gasteiger partial charge in [0.05, 0.1) is 18.4 Å². The average Bonchev–Trinajstić information content (AvgIpc) is 3.25. The first-order valence-electron chi connectivity index (χ1n) is 8.98. The molecule has 3 aliphatic rings. The van der Waals surface area contributed by atoms with Gasteiger partial charge < -0.3 is 4.90 Å². The van der Waals surface area contributed by atoms with Crippen molar-refractivity contribution in [2.75, 3.05) is 0 Å². The van der Waals surface area contributed by atoms with Gasteiger partial charge in [0.2, 0.25) is 5.91 Å². The molecule has 2 bridgehead atoms. The fraction of sp³-hybridized carbons (Fsp3) is 0.824. The van der Waals surface area contributed by atoms with Gasteiger partial charge in [-0.2, -0.15) is 15.0 Å². The van der Waals surface area contributed by atoms with E-state index < -0.39 is 0 Å². The number of carbonyl (C=O) groups excluding carboxylic acids is 1. The van der Waals surface area contributed by atoms with Gasteiger partial charge in [-0.25, -0.2) is 0 Å². The minimum atomic E-state index is 0.381. The van der Waals surface area contributed by atoms with Gasteiger partial charge in [-0.1, -0.05) is 25.7 Å². The zero-order valence-corrected chi connectivity index (χ0v) is 13.2. The normalized spacial score (nSPS) is 31.8. The predicted molar refractivity (Wildman–Crippen MR) is 83.1 cm³/mol. The molecule has 4 rings (SSSR count). The van der Waals surface area contributed by atoms with Crippen LogP contribution in [0.2, 0.25) is 0 Å². The summed E-state index contributed by atoms with van der Waals surface area (Å²) in [4.78, 5) is 16.8. The largest absolute Gasteiger partial charge is 0.337 e. The summed E-state index contributed by atoms with van der Waals surface area (Å²) in [7, 11) is 0. The Morgan fingerprint density at radius 1 is 0.955 bits per heavy atom. The standard InChI is InChI=1S/C17H26N4O/c22-17(8-5-13-3-1-2-4-13)20-14-6-7-15(20)12-16(11-14)21-18-9-10-19-21/h9-10,13-16H,1-8,11-12H2. The van der Waals surface area contributed by atoms with E-state index in [0.29, 0.717) is 24.0 Å². The molecule has 120 valence electrons. The van der Waals surface area contributed by atoms with Gasteiger partial charge in [0.1, 0.15) is 0 Å². The molecule has 1 saturated carbocycles. The molecule has 5 nitrogen and oxygen atoms in total. The zero-order chi connectivity index (χ0) is 14.9. The Balaban J connectivity index is 1.36. The number of rotatable bonds is 4. The maximum absolute atomic E-state index is 12.7. The summed E-state index contributed by atoms with van der Waals surface area (Å²) >= 11 is 0. The number of nitrogens with zero attached hydrogens (tertiary/aromatic N) is 4. The summed E-state index contributed by atoms with van der Waals surface area (Å²) < 4.78 is 0. The maximum Gasteiger partial charge on any atom is 0.223 e. The van der Waals surface area contributed by atoms with Crippen LogP contribution in [0.15, 0.2) is 12.4 Å². The van der Waals surface area contributed by atoms with E-state index in [4.69, 9.17) is 0 Å². The quantitative estimate of drug-likeness (QED) is 0.859. The molecule has 3 heterocycles. The van der Waals surface area contributed by atoms with Crippen molar-refractivity contribution < 1.29 is 4.79 Å². The summed E-state index contributed by atoms with van der Waals surface area (Å²) in [5.41, 5.74) is 0. The fourth-order valence-electron chi connectivity index (χ4n) is 4.91. The molecule has 1 aromatic heterocycles. The molecule has 5 heteroatoms. The second-order valence-corrected chi connectivity index (χ2v) is 7.35. The van der Waals surface area contributed by atoms with Gasteiger partial charge in [-0.05, 0) is 38.0 Å². The molecule has 0 N–H and O–H groups in total. The molecule has 22 heavy (non-hydrogen) atoms. The number of fused-ring (bicyclic) bond motifs is 2. The highest BCUT2D eigenvalue weighted by Gasteiger charge is 2.43. The van der Waals surface area contributed by atoms with E-state index in [1.165, 1.54) is 25.7 Å². The Labute approximate surface area is 132 Å². The zero-order valence-electron chi connectivity index (χ0n) is 13.2. The van der Waals surface area contributed by atoms with E-state index in [9.17, 15) is 4.79 Å². The summed E-state index contributed by atoms with van der Waals surface area (Å²) in [5.74, 6) is 1.22. The molecule has 3 fully saturated rings. The van der Waals surface area contributed by atoms with Crippen LogP contribution < -0.4 is 0 Å². The molecule has 1 amide bonds. The Hall–Kier alpha value is -1.39. The van der Waals surface area contributed by atoms with E-state index in [1.54, 1.807) is 12.4 Å². The van der Waals surface area contributed by atoms with Crippen molar-refractivity contribution >= 4 is 5.91 Å². The van der Waals surface area contributed by atoms with Crippen molar-refractivity contribution in [3.05, 3.63) is 12.4 Å². The topological polar surface area (TPSA) is 51.0 Å². The summed E-state index contributed by atoms with van der Waals surface area (Å²) in [5, 5.41) is 8.59. The van der Waals surface area contributed by atoms with Crippen molar-refractivity contribution in [3.63, 3.8) is 0 Å². The first-order valence-corrected chi connectivity index (χ1v) is 8.98. The third-order valence-electron chi connectivity index (χ3n) is 6.00. The molecular formula is C17H26N4O. The molecule has 2 saturated heterocycles. The first-order chi connectivity index (χ1) is 10.8. The van der Waals surface area contributed by atoms with Crippen molar-refractivity contribution in [3.8, 4) is 0 Å². The number of piperidine rings is 1. The van der Waals surface area contributed by atoms with Gasteiger partial charge in [0.15, 0.2) is 0 Å². The molecule has 0 spiro atoms. The lowest BCUT2D eigenvalue weighted by atomic mass is 9.96. The average molecular weight is 302 g/mol. The lowest BCUT2D eigenvalue weighted by molar-refractivity contribution is -0.136. The highest BCUT2D eigenvalue weighted by Crippen LogP contribution is 2.41. The molecule has 2 atom stereocenters. The fourth-order valence-corrected chi connectivity index (χ4v) is 4.91. The van der Waals surface area contributed by atoms with Crippen molar-refractivity contribution in [1.82, 2.24) is 19.9 Å². The van der Waals surface area contributed by atoms with E-state index in [-0.39, 0.29) is 0 Å². The Bertz CT molecular complexity index is 495. The molecule has 1 aliphatic carbocycles. The summed E-state index contributed by atoms with van der Waals surface area (Å²) in [6.45, 7) is 0. The highest BCUT2D eigenvalue weighted by atomic mass is 16.2. The smallest absolute Gasteiger partial charge is 0.223 e. The van der Waals surface area contributed by atoms with Crippen LogP contribution in [0.3, 0.4) is 0 Å². The van der Waals surface area contributed by atoms with Crippen molar-refractivity contribution in [1.29, 1.82) is 0 Å². The van der Waals surface area contributed by atoms with Crippen LogP contribution in [-0.4, -0.2) is 37.9 Å². The second kappa shape index (κ2) is 6.01. The van der Waals surface area contributed by atoms with Crippen LogP contribution in [0.5, 0.6) is 0 Å².